The summed E-state index contributed by atoms with van der Waals surface area (Å²) < 4.78 is 28.1. The molecule has 2 aliphatic rings. The first kappa shape index (κ1) is 22.8. The van der Waals surface area contributed by atoms with Crippen LogP contribution in [-0.2, 0) is 26.0 Å². The molecule has 0 spiro atoms. The molecular formula is C23H26ClN3O4S. The van der Waals surface area contributed by atoms with Crippen LogP contribution in [0.1, 0.15) is 32.3 Å². The van der Waals surface area contributed by atoms with Crippen molar-refractivity contribution in [2.45, 2.75) is 44.0 Å². The highest BCUT2D eigenvalue weighted by Crippen LogP contribution is 2.35. The van der Waals surface area contributed by atoms with Crippen LogP contribution in [0.15, 0.2) is 47.4 Å². The molecule has 170 valence electrons. The highest BCUT2D eigenvalue weighted by Gasteiger charge is 2.35. The van der Waals surface area contributed by atoms with Crippen molar-refractivity contribution < 1.29 is 18.0 Å². The molecule has 0 bridgehead atoms. The number of halogens is 1. The predicted octanol–water partition coefficient (Wildman–Crippen LogP) is 3.68. The molecule has 0 radical (unpaired) electrons. The lowest BCUT2D eigenvalue weighted by Gasteiger charge is -2.31. The number of amides is 2. The molecule has 2 amide bonds. The van der Waals surface area contributed by atoms with Gasteiger partial charge in [0.25, 0.3) is 0 Å². The van der Waals surface area contributed by atoms with Gasteiger partial charge in [0, 0.05) is 42.5 Å². The standard InChI is InChI=1S/C23H26ClN3O4S/c1-15-12-18-13-21(9-10-22(18)27(15)16(2)28)32(30,31)26-11-3-4-17(14-26)23(29)25-20-7-5-19(24)6-8-20/h5-10,13,15,17H,3-4,11-12,14H2,1-2H3,(H,25,29)/t15-,17-/m0/s1. The number of nitrogens with zero attached hydrogens (tertiary/aromatic N) is 2. The van der Waals surface area contributed by atoms with Crippen molar-refractivity contribution in [3.05, 3.63) is 53.1 Å². The number of piperidine rings is 1. The van der Waals surface area contributed by atoms with E-state index in [1.165, 1.54) is 11.2 Å². The Hall–Kier alpha value is -2.42. The molecule has 0 aromatic heterocycles. The Morgan fingerprint density at radius 3 is 2.53 bits per heavy atom. The maximum absolute atomic E-state index is 13.3. The van der Waals surface area contributed by atoms with Crippen LogP contribution in [0.3, 0.4) is 0 Å². The Kier molecular flexibility index (Phi) is 6.29. The number of rotatable bonds is 4. The minimum absolute atomic E-state index is 0.00335. The minimum atomic E-state index is -3.75. The molecule has 0 unspecified atom stereocenters. The molecule has 1 saturated heterocycles. The van der Waals surface area contributed by atoms with Gasteiger partial charge in [0.1, 0.15) is 0 Å². The number of nitrogens with one attached hydrogen (secondary N) is 1. The highest BCUT2D eigenvalue weighted by molar-refractivity contribution is 7.89. The molecule has 2 heterocycles. The Bertz CT molecular complexity index is 1150. The normalized spacial score (nSPS) is 21.3. The minimum Gasteiger partial charge on any atom is -0.326 e. The SMILES string of the molecule is CC(=O)N1c2ccc(S(=O)(=O)N3CCC[C@H](C(=O)Nc4ccc(Cl)cc4)C3)cc2C[C@@H]1C. The summed E-state index contributed by atoms with van der Waals surface area (Å²) in [5.74, 6) is -0.693. The first-order valence-corrected chi connectivity index (χ1v) is 12.5. The number of fused-ring (bicyclic) bond motifs is 1. The zero-order valence-corrected chi connectivity index (χ0v) is 19.6. The van der Waals surface area contributed by atoms with E-state index in [2.05, 4.69) is 5.32 Å². The van der Waals surface area contributed by atoms with E-state index in [4.69, 9.17) is 11.6 Å². The summed E-state index contributed by atoms with van der Waals surface area (Å²) in [6, 6.07) is 11.7. The van der Waals surface area contributed by atoms with Gasteiger partial charge in [0.2, 0.25) is 21.8 Å². The topological polar surface area (TPSA) is 86.8 Å². The summed E-state index contributed by atoms with van der Waals surface area (Å²) in [6.45, 7) is 3.97. The third-order valence-corrected chi connectivity index (χ3v) is 8.22. The summed E-state index contributed by atoms with van der Waals surface area (Å²) >= 11 is 5.89. The third kappa shape index (κ3) is 4.40. The van der Waals surface area contributed by atoms with Crippen molar-refractivity contribution in [3.63, 3.8) is 0 Å². The van der Waals surface area contributed by atoms with Gasteiger partial charge in [0.05, 0.1) is 10.8 Å². The highest BCUT2D eigenvalue weighted by atomic mass is 35.5. The Morgan fingerprint density at radius 2 is 1.84 bits per heavy atom. The first-order chi connectivity index (χ1) is 15.2. The lowest BCUT2D eigenvalue weighted by molar-refractivity contribution is -0.121. The summed E-state index contributed by atoms with van der Waals surface area (Å²) in [6.07, 6.45) is 1.85. The van der Waals surface area contributed by atoms with Crippen molar-refractivity contribution in [2.24, 2.45) is 5.92 Å². The van der Waals surface area contributed by atoms with Gasteiger partial charge in [-0.1, -0.05) is 11.6 Å². The molecule has 0 saturated carbocycles. The lowest BCUT2D eigenvalue weighted by Crippen LogP contribution is -2.43. The van der Waals surface area contributed by atoms with Crippen LogP contribution in [0.2, 0.25) is 5.02 Å². The summed E-state index contributed by atoms with van der Waals surface area (Å²) in [5.41, 5.74) is 2.24. The fourth-order valence-electron chi connectivity index (χ4n) is 4.55. The average molecular weight is 476 g/mol. The molecule has 9 heteroatoms. The van der Waals surface area contributed by atoms with Gasteiger partial charge >= 0.3 is 0 Å². The van der Waals surface area contributed by atoms with E-state index in [0.29, 0.717) is 36.5 Å². The van der Waals surface area contributed by atoms with Crippen molar-refractivity contribution >= 4 is 44.8 Å². The fourth-order valence-corrected chi connectivity index (χ4v) is 6.25. The zero-order chi connectivity index (χ0) is 23.0. The van der Waals surface area contributed by atoms with Gasteiger partial charge in [-0.15, -0.1) is 0 Å². The van der Waals surface area contributed by atoms with Crippen LogP contribution in [0.25, 0.3) is 0 Å². The second kappa shape index (κ2) is 8.84. The van der Waals surface area contributed by atoms with Crippen LogP contribution in [-0.4, -0.2) is 43.7 Å². The van der Waals surface area contributed by atoms with Crippen LogP contribution in [0, 0.1) is 5.92 Å². The first-order valence-electron chi connectivity index (χ1n) is 10.7. The van der Waals surface area contributed by atoms with Crippen molar-refractivity contribution in [1.82, 2.24) is 4.31 Å². The molecule has 1 N–H and O–H groups in total. The molecule has 7 nitrogen and oxygen atoms in total. The number of carbonyl (C=O) groups excluding carboxylic acids is 2. The van der Waals surface area contributed by atoms with Gasteiger partial charge < -0.3 is 10.2 Å². The van der Waals surface area contributed by atoms with E-state index in [-0.39, 0.29) is 29.3 Å². The van der Waals surface area contributed by atoms with Gasteiger partial charge in [-0.25, -0.2) is 8.42 Å². The third-order valence-electron chi connectivity index (χ3n) is 6.11. The number of hydrogen-bond donors (Lipinski definition) is 1. The second-order valence-electron chi connectivity index (χ2n) is 8.43. The monoisotopic (exact) mass is 475 g/mol. The molecule has 2 aromatic rings. The summed E-state index contributed by atoms with van der Waals surface area (Å²) in [4.78, 5) is 26.6. The fraction of sp³-hybridized carbons (Fsp3) is 0.391. The number of sulfonamides is 1. The van der Waals surface area contributed by atoms with Gasteiger partial charge in [-0.05, 0) is 74.2 Å². The van der Waals surface area contributed by atoms with Gasteiger partial charge in [-0.2, -0.15) is 4.31 Å². The summed E-state index contributed by atoms with van der Waals surface area (Å²) in [7, 11) is -3.75. The van der Waals surface area contributed by atoms with Gasteiger partial charge in [-0.3, -0.25) is 9.59 Å². The smallest absolute Gasteiger partial charge is 0.243 e. The number of benzene rings is 2. The quantitative estimate of drug-likeness (QED) is 0.730. The number of hydrogen-bond acceptors (Lipinski definition) is 4. The van der Waals surface area contributed by atoms with E-state index >= 15 is 0 Å². The average Bonchev–Trinajstić information content (AvgIpc) is 3.10. The molecular weight excluding hydrogens is 450 g/mol. The Labute approximate surface area is 193 Å². The van der Waals surface area contributed by atoms with Crippen LogP contribution < -0.4 is 10.2 Å². The number of anilines is 2. The van der Waals surface area contributed by atoms with Crippen molar-refractivity contribution in [2.75, 3.05) is 23.3 Å². The maximum atomic E-state index is 13.3. The summed E-state index contributed by atoms with van der Waals surface area (Å²) in [5, 5.41) is 3.43. The molecule has 2 aromatic carbocycles. The van der Waals surface area contributed by atoms with E-state index < -0.39 is 15.9 Å². The van der Waals surface area contributed by atoms with Crippen LogP contribution in [0.5, 0.6) is 0 Å². The van der Waals surface area contributed by atoms with E-state index in [9.17, 15) is 18.0 Å². The van der Waals surface area contributed by atoms with E-state index in [0.717, 1.165) is 11.3 Å². The van der Waals surface area contributed by atoms with Gasteiger partial charge in [0.15, 0.2) is 0 Å². The molecule has 2 atom stereocenters. The Balaban J connectivity index is 1.50. The zero-order valence-electron chi connectivity index (χ0n) is 18.0. The predicted molar refractivity (Wildman–Crippen MR) is 124 cm³/mol. The van der Waals surface area contributed by atoms with Crippen molar-refractivity contribution in [3.8, 4) is 0 Å². The van der Waals surface area contributed by atoms with E-state index in [1.54, 1.807) is 47.4 Å². The van der Waals surface area contributed by atoms with Crippen molar-refractivity contribution in [1.29, 1.82) is 0 Å². The molecule has 0 aliphatic carbocycles. The largest absolute Gasteiger partial charge is 0.326 e. The van der Waals surface area contributed by atoms with E-state index in [1.807, 2.05) is 6.92 Å². The molecule has 32 heavy (non-hydrogen) atoms. The molecule has 1 fully saturated rings. The number of carbonyl (C=O) groups is 2. The second-order valence-corrected chi connectivity index (χ2v) is 10.8. The van der Waals surface area contributed by atoms with Crippen LogP contribution >= 0.6 is 11.6 Å². The lowest BCUT2D eigenvalue weighted by atomic mass is 9.99. The Morgan fingerprint density at radius 1 is 1.12 bits per heavy atom. The molecule has 2 aliphatic heterocycles. The van der Waals surface area contributed by atoms with Crippen LogP contribution in [0.4, 0.5) is 11.4 Å². The maximum Gasteiger partial charge on any atom is 0.243 e. The molecule has 4 rings (SSSR count).